The minimum absolute atomic E-state index is 0.183. The first-order valence-electron chi connectivity index (χ1n) is 6.13. The van der Waals surface area contributed by atoms with E-state index in [1.807, 2.05) is 6.07 Å². The van der Waals surface area contributed by atoms with Crippen LogP contribution in [0.25, 0.3) is 0 Å². The Morgan fingerprint density at radius 1 is 1.20 bits per heavy atom. The number of ketones is 1. The molecule has 0 aliphatic carbocycles. The Morgan fingerprint density at radius 2 is 1.90 bits per heavy atom. The number of ether oxygens (including phenoxy) is 2. The van der Waals surface area contributed by atoms with Crippen LogP contribution in [0.2, 0.25) is 0 Å². The highest BCUT2D eigenvalue weighted by molar-refractivity contribution is 7.13. The molecule has 0 aliphatic heterocycles. The number of carbonyl (C=O) groups excluding carboxylic acids is 2. The molecule has 1 aromatic carbocycles. The van der Waals surface area contributed by atoms with Gasteiger partial charge in [-0.15, -0.1) is 11.3 Å². The van der Waals surface area contributed by atoms with E-state index in [0.29, 0.717) is 16.2 Å². The van der Waals surface area contributed by atoms with Gasteiger partial charge in [0.25, 0.3) is 0 Å². The van der Waals surface area contributed by atoms with Gasteiger partial charge in [0.05, 0.1) is 7.11 Å². The zero-order valence-electron chi connectivity index (χ0n) is 11.2. The summed E-state index contributed by atoms with van der Waals surface area (Å²) in [4.78, 5) is 24.3. The average molecular weight is 290 g/mol. The second-order valence-corrected chi connectivity index (χ2v) is 4.86. The fraction of sp³-hybridized carbons (Fsp3) is 0.200. The Hall–Kier alpha value is -2.14. The molecule has 1 heterocycles. The van der Waals surface area contributed by atoms with Crippen molar-refractivity contribution in [2.45, 2.75) is 13.3 Å². The Morgan fingerprint density at radius 3 is 2.50 bits per heavy atom. The van der Waals surface area contributed by atoms with Crippen molar-refractivity contribution in [1.29, 1.82) is 0 Å². The molecule has 2 aromatic rings. The van der Waals surface area contributed by atoms with E-state index in [-0.39, 0.29) is 18.0 Å². The summed E-state index contributed by atoms with van der Waals surface area (Å²) in [7, 11) is 1.47. The number of rotatable bonds is 5. The third-order valence-corrected chi connectivity index (χ3v) is 3.62. The summed E-state index contributed by atoms with van der Waals surface area (Å²) in [5, 5.41) is 1.66. The molecule has 20 heavy (non-hydrogen) atoms. The van der Waals surface area contributed by atoms with Crippen LogP contribution < -0.4 is 9.47 Å². The molecule has 0 saturated carbocycles. The number of thiophene rings is 1. The topological polar surface area (TPSA) is 52.6 Å². The first-order chi connectivity index (χ1) is 9.67. The van der Waals surface area contributed by atoms with E-state index in [4.69, 9.17) is 9.47 Å². The molecule has 5 heteroatoms. The van der Waals surface area contributed by atoms with Gasteiger partial charge in [-0.3, -0.25) is 9.59 Å². The summed E-state index contributed by atoms with van der Waals surface area (Å²) in [6, 6.07) is 8.86. The van der Waals surface area contributed by atoms with Gasteiger partial charge in [-0.1, -0.05) is 37.3 Å². The second kappa shape index (κ2) is 6.34. The van der Waals surface area contributed by atoms with Crippen LogP contribution in [0, 0.1) is 0 Å². The van der Waals surface area contributed by atoms with E-state index in [9.17, 15) is 9.59 Å². The minimum Gasteiger partial charge on any atom is -0.492 e. The molecule has 0 atom stereocenters. The average Bonchev–Trinajstić information content (AvgIpc) is 2.89. The molecule has 0 unspecified atom stereocenters. The van der Waals surface area contributed by atoms with Crippen molar-refractivity contribution in [3.63, 3.8) is 0 Å². The first kappa shape index (κ1) is 14.3. The second-order valence-electron chi connectivity index (χ2n) is 3.99. The van der Waals surface area contributed by atoms with Crippen LogP contribution in [0.1, 0.15) is 28.6 Å². The number of esters is 1. The van der Waals surface area contributed by atoms with Crippen LogP contribution in [-0.4, -0.2) is 18.9 Å². The number of benzene rings is 1. The molecule has 2 rings (SSSR count). The van der Waals surface area contributed by atoms with Crippen molar-refractivity contribution in [3.8, 4) is 11.5 Å². The lowest BCUT2D eigenvalue weighted by molar-refractivity contribution is -0.134. The molecule has 0 fully saturated rings. The van der Waals surface area contributed by atoms with E-state index < -0.39 is 5.97 Å². The summed E-state index contributed by atoms with van der Waals surface area (Å²) < 4.78 is 10.4. The maximum absolute atomic E-state index is 12.4. The molecule has 0 saturated heterocycles. The van der Waals surface area contributed by atoms with Crippen molar-refractivity contribution in [2.75, 3.05) is 7.11 Å². The highest BCUT2D eigenvalue weighted by Gasteiger charge is 2.23. The van der Waals surface area contributed by atoms with Crippen molar-refractivity contribution >= 4 is 23.1 Å². The van der Waals surface area contributed by atoms with Gasteiger partial charge in [-0.25, -0.2) is 0 Å². The highest BCUT2D eigenvalue weighted by atomic mass is 32.1. The van der Waals surface area contributed by atoms with Gasteiger partial charge >= 0.3 is 5.97 Å². The monoisotopic (exact) mass is 290 g/mol. The highest BCUT2D eigenvalue weighted by Crippen LogP contribution is 2.38. The molecule has 104 valence electrons. The minimum atomic E-state index is -0.399. The van der Waals surface area contributed by atoms with Gasteiger partial charge in [-0.05, 0) is 0 Å². The lowest BCUT2D eigenvalue weighted by atomic mass is 10.1. The van der Waals surface area contributed by atoms with Crippen LogP contribution in [-0.2, 0) is 4.79 Å². The summed E-state index contributed by atoms with van der Waals surface area (Å²) in [5.74, 6) is 0.0240. The fourth-order valence-electron chi connectivity index (χ4n) is 1.63. The molecule has 0 N–H and O–H groups in total. The maximum atomic E-state index is 12.4. The smallest absolute Gasteiger partial charge is 0.311 e. The number of carbonyl (C=O) groups is 2. The molecule has 0 amide bonds. The van der Waals surface area contributed by atoms with E-state index >= 15 is 0 Å². The standard InChI is InChI=1S/C15H14O4S/c1-3-12(16)19-14-11(18-2)9-20-15(14)13(17)10-7-5-4-6-8-10/h4-9H,3H2,1-2H3. The van der Waals surface area contributed by atoms with Gasteiger partial charge in [0, 0.05) is 17.4 Å². The van der Waals surface area contributed by atoms with E-state index in [0.717, 1.165) is 0 Å². The van der Waals surface area contributed by atoms with Crippen LogP contribution in [0.3, 0.4) is 0 Å². The Bertz CT molecular complexity index is 616. The maximum Gasteiger partial charge on any atom is 0.311 e. The number of hydrogen-bond donors (Lipinski definition) is 0. The lowest BCUT2D eigenvalue weighted by Gasteiger charge is -2.06. The summed E-state index contributed by atoms with van der Waals surface area (Å²) >= 11 is 1.20. The SMILES string of the molecule is CCC(=O)Oc1c(OC)csc1C(=O)c1ccccc1. The van der Waals surface area contributed by atoms with Gasteiger partial charge in [0.1, 0.15) is 4.88 Å². The third-order valence-electron chi connectivity index (χ3n) is 2.68. The normalized spacial score (nSPS) is 10.1. The van der Waals surface area contributed by atoms with Crippen LogP contribution in [0.5, 0.6) is 11.5 Å². The summed E-state index contributed by atoms with van der Waals surface area (Å²) in [6.45, 7) is 1.69. The molecule has 0 aliphatic rings. The zero-order chi connectivity index (χ0) is 14.5. The quantitative estimate of drug-likeness (QED) is 0.626. The molecule has 0 bridgehead atoms. The van der Waals surface area contributed by atoms with Crippen LogP contribution >= 0.6 is 11.3 Å². The Kier molecular flexibility index (Phi) is 4.53. The van der Waals surface area contributed by atoms with Crippen molar-refractivity contribution < 1.29 is 19.1 Å². The predicted octanol–water partition coefficient (Wildman–Crippen LogP) is 3.30. The molecule has 0 radical (unpaired) electrons. The van der Waals surface area contributed by atoms with Gasteiger partial charge in [0.15, 0.2) is 11.5 Å². The molecule has 1 aromatic heterocycles. The van der Waals surface area contributed by atoms with E-state index in [1.165, 1.54) is 18.4 Å². The van der Waals surface area contributed by atoms with E-state index in [2.05, 4.69) is 0 Å². The van der Waals surface area contributed by atoms with Crippen molar-refractivity contribution in [1.82, 2.24) is 0 Å². The van der Waals surface area contributed by atoms with E-state index in [1.54, 1.807) is 36.6 Å². The van der Waals surface area contributed by atoms with Crippen molar-refractivity contribution in [2.24, 2.45) is 0 Å². The predicted molar refractivity (Wildman–Crippen MR) is 76.7 cm³/mol. The number of methoxy groups -OCH3 is 1. The lowest BCUT2D eigenvalue weighted by Crippen LogP contribution is -2.09. The third kappa shape index (κ3) is 2.88. The van der Waals surface area contributed by atoms with Gasteiger partial charge in [-0.2, -0.15) is 0 Å². The molecule has 4 nitrogen and oxygen atoms in total. The van der Waals surface area contributed by atoms with Gasteiger partial charge < -0.3 is 9.47 Å². The first-order valence-corrected chi connectivity index (χ1v) is 7.01. The number of hydrogen-bond acceptors (Lipinski definition) is 5. The largest absolute Gasteiger partial charge is 0.492 e. The van der Waals surface area contributed by atoms with Crippen LogP contribution in [0.4, 0.5) is 0 Å². The zero-order valence-corrected chi connectivity index (χ0v) is 12.0. The van der Waals surface area contributed by atoms with Gasteiger partial charge in [0.2, 0.25) is 5.78 Å². The molecular formula is C15H14O4S. The Labute approximate surface area is 121 Å². The fourth-order valence-corrected chi connectivity index (χ4v) is 2.53. The molecule has 0 spiro atoms. The summed E-state index contributed by atoms with van der Waals surface area (Å²) in [5.41, 5.74) is 0.547. The molecular weight excluding hydrogens is 276 g/mol. The van der Waals surface area contributed by atoms with Crippen molar-refractivity contribution in [3.05, 3.63) is 46.2 Å². The van der Waals surface area contributed by atoms with Crippen LogP contribution in [0.15, 0.2) is 35.7 Å². The Balaban J connectivity index is 2.39. The summed E-state index contributed by atoms with van der Waals surface area (Å²) in [6.07, 6.45) is 0.234.